The first-order valence-corrected chi connectivity index (χ1v) is 7.02. The highest BCUT2D eigenvalue weighted by Crippen LogP contribution is 2.27. The van der Waals surface area contributed by atoms with E-state index < -0.39 is 0 Å². The Labute approximate surface area is 123 Å². The number of aromatic nitrogens is 2. The molecule has 1 aromatic heterocycles. The van der Waals surface area contributed by atoms with Crippen molar-refractivity contribution in [1.82, 2.24) is 15.1 Å². The van der Waals surface area contributed by atoms with Crippen molar-refractivity contribution in [2.24, 2.45) is 0 Å². The lowest BCUT2D eigenvalue weighted by Crippen LogP contribution is -2.16. The second kappa shape index (κ2) is 5.30. The van der Waals surface area contributed by atoms with Crippen molar-refractivity contribution < 1.29 is 4.39 Å². The molecule has 3 aromatic rings. The van der Waals surface area contributed by atoms with Crippen LogP contribution in [0.4, 0.5) is 4.39 Å². The van der Waals surface area contributed by atoms with Gasteiger partial charge in [-0.15, -0.1) is 0 Å². The van der Waals surface area contributed by atoms with Gasteiger partial charge in [-0.1, -0.05) is 18.2 Å². The zero-order valence-electron chi connectivity index (χ0n) is 12.4. The van der Waals surface area contributed by atoms with Gasteiger partial charge in [0.1, 0.15) is 5.82 Å². The van der Waals surface area contributed by atoms with E-state index in [4.69, 9.17) is 0 Å². The Bertz CT molecular complexity index is 792. The van der Waals surface area contributed by atoms with Crippen molar-refractivity contribution in [3.63, 3.8) is 0 Å². The monoisotopic (exact) mass is 283 g/mol. The van der Waals surface area contributed by atoms with Crippen LogP contribution in [0.25, 0.3) is 16.6 Å². The van der Waals surface area contributed by atoms with Crippen LogP contribution in [0.15, 0.2) is 42.6 Å². The van der Waals surface area contributed by atoms with Crippen molar-refractivity contribution in [1.29, 1.82) is 0 Å². The molecule has 1 heterocycles. The molecule has 108 valence electrons. The number of hydrogen-bond acceptors (Lipinski definition) is 2. The Balaban J connectivity index is 2.28. The summed E-state index contributed by atoms with van der Waals surface area (Å²) in [6.45, 7) is 3.79. The van der Waals surface area contributed by atoms with Crippen LogP contribution < -0.4 is 5.32 Å². The van der Waals surface area contributed by atoms with E-state index in [0.717, 1.165) is 22.2 Å². The predicted molar refractivity (Wildman–Crippen MR) is 83.2 cm³/mol. The molecule has 0 aliphatic rings. The number of rotatable bonds is 3. The molecule has 0 amide bonds. The first-order valence-electron chi connectivity index (χ1n) is 7.02. The number of fused-ring (bicyclic) bond motifs is 1. The van der Waals surface area contributed by atoms with Gasteiger partial charge in [-0.25, -0.2) is 9.07 Å². The maximum atomic E-state index is 14.0. The molecule has 0 spiro atoms. The summed E-state index contributed by atoms with van der Waals surface area (Å²) in [6, 6.07) is 11.5. The fourth-order valence-electron chi connectivity index (χ4n) is 2.53. The molecule has 0 bridgehead atoms. The summed E-state index contributed by atoms with van der Waals surface area (Å²) in [5.74, 6) is -0.188. The minimum atomic E-state index is -0.188. The third-order valence-corrected chi connectivity index (χ3v) is 3.91. The minimum absolute atomic E-state index is 0.0399. The Morgan fingerprint density at radius 3 is 2.76 bits per heavy atom. The summed E-state index contributed by atoms with van der Waals surface area (Å²) < 4.78 is 15.8. The maximum absolute atomic E-state index is 14.0. The van der Waals surface area contributed by atoms with Crippen LogP contribution in [-0.4, -0.2) is 16.8 Å². The summed E-state index contributed by atoms with van der Waals surface area (Å²) in [4.78, 5) is 0. The van der Waals surface area contributed by atoms with Crippen LogP contribution in [0.5, 0.6) is 0 Å². The van der Waals surface area contributed by atoms with Gasteiger partial charge in [0.2, 0.25) is 0 Å². The van der Waals surface area contributed by atoms with Crippen molar-refractivity contribution in [3.8, 4) is 5.69 Å². The van der Waals surface area contributed by atoms with E-state index >= 15 is 0 Å². The van der Waals surface area contributed by atoms with E-state index in [0.29, 0.717) is 5.56 Å². The fourth-order valence-corrected chi connectivity index (χ4v) is 2.53. The molecule has 0 radical (unpaired) electrons. The van der Waals surface area contributed by atoms with E-state index in [2.05, 4.69) is 10.4 Å². The molecule has 1 atom stereocenters. The van der Waals surface area contributed by atoms with E-state index in [1.165, 1.54) is 0 Å². The minimum Gasteiger partial charge on any atom is -0.313 e. The van der Waals surface area contributed by atoms with Gasteiger partial charge in [-0.05, 0) is 50.2 Å². The standard InChI is InChI=1S/C17H18FN3/c1-11-8-17(14(9-15(11)18)12(2)19-3)21-16-7-5-4-6-13(16)10-20-21/h4-10,12,19H,1-3H3. The molecule has 0 aliphatic carbocycles. The molecular formula is C17H18FN3. The zero-order chi connectivity index (χ0) is 15.0. The van der Waals surface area contributed by atoms with Crippen LogP contribution in [0.3, 0.4) is 0 Å². The van der Waals surface area contributed by atoms with Gasteiger partial charge in [0.05, 0.1) is 17.4 Å². The molecule has 0 aliphatic heterocycles. The van der Waals surface area contributed by atoms with Crippen LogP contribution in [0.2, 0.25) is 0 Å². The Kier molecular flexibility index (Phi) is 3.47. The number of hydrogen-bond donors (Lipinski definition) is 1. The molecule has 21 heavy (non-hydrogen) atoms. The third kappa shape index (κ3) is 2.32. The number of para-hydroxylation sites is 1. The Morgan fingerprint density at radius 2 is 2.00 bits per heavy atom. The van der Waals surface area contributed by atoms with Gasteiger partial charge in [0.25, 0.3) is 0 Å². The van der Waals surface area contributed by atoms with Gasteiger partial charge in [0.15, 0.2) is 0 Å². The SMILES string of the molecule is CNC(C)c1cc(F)c(C)cc1-n1ncc2ccccc21. The summed E-state index contributed by atoms with van der Waals surface area (Å²) in [7, 11) is 1.87. The van der Waals surface area contributed by atoms with Gasteiger partial charge >= 0.3 is 0 Å². The number of aryl methyl sites for hydroxylation is 1. The lowest BCUT2D eigenvalue weighted by molar-refractivity contribution is 0.598. The number of halogens is 1. The van der Waals surface area contributed by atoms with Gasteiger partial charge in [-0.2, -0.15) is 5.10 Å². The van der Waals surface area contributed by atoms with Crippen molar-refractivity contribution >= 4 is 10.9 Å². The van der Waals surface area contributed by atoms with Crippen molar-refractivity contribution in [2.45, 2.75) is 19.9 Å². The molecular weight excluding hydrogens is 265 g/mol. The predicted octanol–water partition coefficient (Wildman–Crippen LogP) is 3.75. The van der Waals surface area contributed by atoms with Crippen molar-refractivity contribution in [3.05, 3.63) is 59.5 Å². The average molecular weight is 283 g/mol. The second-order valence-corrected chi connectivity index (χ2v) is 5.29. The summed E-state index contributed by atoms with van der Waals surface area (Å²) in [5, 5.41) is 8.72. The van der Waals surface area contributed by atoms with Crippen LogP contribution in [0.1, 0.15) is 24.1 Å². The molecule has 0 saturated carbocycles. The average Bonchev–Trinajstić information content (AvgIpc) is 2.92. The maximum Gasteiger partial charge on any atom is 0.126 e. The van der Waals surface area contributed by atoms with Crippen LogP contribution >= 0.6 is 0 Å². The van der Waals surface area contributed by atoms with E-state index in [1.807, 2.05) is 55.2 Å². The third-order valence-electron chi connectivity index (χ3n) is 3.91. The summed E-state index contributed by atoms with van der Waals surface area (Å²) in [6.07, 6.45) is 1.84. The van der Waals surface area contributed by atoms with Gasteiger partial charge < -0.3 is 5.32 Å². The lowest BCUT2D eigenvalue weighted by Gasteiger charge is -2.17. The first-order chi connectivity index (χ1) is 10.1. The highest BCUT2D eigenvalue weighted by molar-refractivity contribution is 5.80. The van der Waals surface area contributed by atoms with Gasteiger partial charge in [0, 0.05) is 11.4 Å². The van der Waals surface area contributed by atoms with Crippen molar-refractivity contribution in [2.75, 3.05) is 7.05 Å². The topological polar surface area (TPSA) is 29.9 Å². The molecule has 2 aromatic carbocycles. The number of nitrogens with one attached hydrogen (secondary N) is 1. The molecule has 3 rings (SSSR count). The highest BCUT2D eigenvalue weighted by atomic mass is 19.1. The molecule has 1 unspecified atom stereocenters. The van der Waals surface area contributed by atoms with E-state index in [9.17, 15) is 4.39 Å². The van der Waals surface area contributed by atoms with E-state index in [-0.39, 0.29) is 11.9 Å². The smallest absolute Gasteiger partial charge is 0.126 e. The Morgan fingerprint density at radius 1 is 1.24 bits per heavy atom. The molecule has 3 nitrogen and oxygen atoms in total. The van der Waals surface area contributed by atoms with Gasteiger partial charge in [-0.3, -0.25) is 0 Å². The highest BCUT2D eigenvalue weighted by Gasteiger charge is 2.16. The van der Waals surface area contributed by atoms with Crippen LogP contribution in [0, 0.1) is 12.7 Å². The number of benzene rings is 2. The lowest BCUT2D eigenvalue weighted by atomic mass is 10.0. The Hall–Kier alpha value is -2.20. The molecule has 0 fully saturated rings. The van der Waals surface area contributed by atoms with E-state index in [1.54, 1.807) is 13.0 Å². The fraction of sp³-hybridized carbons (Fsp3) is 0.235. The zero-order valence-corrected chi connectivity index (χ0v) is 12.4. The second-order valence-electron chi connectivity index (χ2n) is 5.29. The molecule has 4 heteroatoms. The molecule has 0 saturated heterocycles. The largest absolute Gasteiger partial charge is 0.313 e. The molecule has 1 N–H and O–H groups in total. The van der Waals surface area contributed by atoms with Crippen LogP contribution in [-0.2, 0) is 0 Å². The quantitative estimate of drug-likeness (QED) is 0.793. The normalized spacial score (nSPS) is 12.8. The first kappa shape index (κ1) is 13.8. The number of nitrogens with zero attached hydrogens (tertiary/aromatic N) is 2. The summed E-state index contributed by atoms with van der Waals surface area (Å²) in [5.41, 5.74) is 3.45. The summed E-state index contributed by atoms with van der Waals surface area (Å²) >= 11 is 0.